The van der Waals surface area contributed by atoms with Gasteiger partial charge < -0.3 is 28.4 Å². The first kappa shape index (κ1) is 32.5. The van der Waals surface area contributed by atoms with Crippen LogP contribution in [0.1, 0.15) is 43.0 Å². The molecule has 7 heteroatoms. The fourth-order valence-electron chi connectivity index (χ4n) is 7.41. The lowest BCUT2D eigenvalue weighted by molar-refractivity contribution is 0.0734. The largest absolute Gasteiger partial charge is 0.496 e. The van der Waals surface area contributed by atoms with Crippen LogP contribution in [0, 0.1) is 0 Å². The van der Waals surface area contributed by atoms with Crippen molar-refractivity contribution in [1.82, 2.24) is 0 Å². The molecule has 1 aliphatic heterocycles. The van der Waals surface area contributed by atoms with Crippen LogP contribution in [0.25, 0.3) is 43.3 Å². The van der Waals surface area contributed by atoms with E-state index >= 15 is 0 Å². The number of carbonyl (C=O) groups excluding carboxylic acids is 1. The molecule has 0 spiro atoms. The summed E-state index contributed by atoms with van der Waals surface area (Å²) < 4.78 is 23.5. The van der Waals surface area contributed by atoms with Crippen molar-refractivity contribution in [2.24, 2.45) is 0 Å². The first-order chi connectivity index (χ1) is 25.1. The Kier molecular flexibility index (Phi) is 9.10. The summed E-state index contributed by atoms with van der Waals surface area (Å²) in [5, 5.41) is 8.09. The number of rotatable bonds is 11. The highest BCUT2D eigenvalue weighted by Crippen LogP contribution is 2.44. The molecule has 0 unspecified atom stereocenters. The zero-order valence-corrected chi connectivity index (χ0v) is 29.2. The first-order valence-corrected chi connectivity index (χ1v) is 18.0. The molecule has 2 heterocycles. The van der Waals surface area contributed by atoms with E-state index in [0.717, 1.165) is 71.5 Å². The van der Waals surface area contributed by atoms with E-state index in [-0.39, 0.29) is 5.97 Å². The van der Waals surface area contributed by atoms with Gasteiger partial charge in [-0.05, 0) is 106 Å². The predicted molar refractivity (Wildman–Crippen MR) is 207 cm³/mol. The third-order valence-electron chi connectivity index (χ3n) is 10.1. The van der Waals surface area contributed by atoms with Crippen LogP contribution in [0.4, 0.5) is 11.4 Å². The lowest BCUT2D eigenvalue weighted by atomic mass is 9.98. The van der Waals surface area contributed by atoms with Crippen LogP contribution in [0.15, 0.2) is 114 Å². The molecule has 0 atom stereocenters. The second-order valence-corrected chi connectivity index (χ2v) is 13.2. The van der Waals surface area contributed by atoms with Crippen molar-refractivity contribution in [3.05, 3.63) is 115 Å². The maximum Gasteiger partial charge on any atom is 0.343 e. The maximum absolute atomic E-state index is 12.8. The average Bonchev–Trinajstić information content (AvgIpc) is 3.58. The van der Waals surface area contributed by atoms with Crippen LogP contribution < -0.4 is 24.0 Å². The number of nitrogens with zero attached hydrogens (tertiary/aromatic N) is 2. The Balaban J connectivity index is 0.947. The van der Waals surface area contributed by atoms with E-state index in [1.165, 1.54) is 46.5 Å². The van der Waals surface area contributed by atoms with Crippen LogP contribution in [-0.4, -0.2) is 45.9 Å². The molecule has 1 saturated heterocycles. The monoisotopic (exact) mass is 678 g/mol. The number of fused-ring (bicyclic) bond motifs is 8. The standard InChI is InChI=1S/C44H42N2O5/c1-3-4-5-8-26-49-34-16-11-30(12-17-34)44(47)51-35-18-13-32(14-19-35)45-22-24-46(25-23-45)33-15-20-37-38(29-33)41-36-10-7-6-9-31(36)28-39(41)42-40(48-2)21-27-50-43(37)42/h6-7,9-21,27-29H,3-5,8,22-26H2,1-2H3. The van der Waals surface area contributed by atoms with E-state index < -0.39 is 0 Å². The van der Waals surface area contributed by atoms with Gasteiger partial charge in [0.05, 0.1) is 30.9 Å². The van der Waals surface area contributed by atoms with Gasteiger partial charge in [0, 0.05) is 49.0 Å². The lowest BCUT2D eigenvalue weighted by Gasteiger charge is -2.37. The predicted octanol–water partition coefficient (Wildman–Crippen LogP) is 10.4. The minimum atomic E-state index is -0.380. The van der Waals surface area contributed by atoms with Gasteiger partial charge in [0.25, 0.3) is 0 Å². The van der Waals surface area contributed by atoms with Gasteiger partial charge in [-0.1, -0.05) is 50.5 Å². The quantitative estimate of drug-likeness (QED) is 0.0584. The van der Waals surface area contributed by atoms with E-state index in [9.17, 15) is 4.79 Å². The molecule has 8 rings (SSSR count). The van der Waals surface area contributed by atoms with Crippen LogP contribution in [0.3, 0.4) is 0 Å². The van der Waals surface area contributed by atoms with Gasteiger partial charge in [-0.2, -0.15) is 0 Å². The van der Waals surface area contributed by atoms with Crippen LogP contribution in [-0.2, 0) is 0 Å². The zero-order valence-electron chi connectivity index (χ0n) is 29.2. The van der Waals surface area contributed by atoms with E-state index in [0.29, 0.717) is 17.9 Å². The fourth-order valence-corrected chi connectivity index (χ4v) is 7.41. The van der Waals surface area contributed by atoms with E-state index in [2.05, 4.69) is 65.3 Å². The van der Waals surface area contributed by atoms with Crippen molar-refractivity contribution in [1.29, 1.82) is 0 Å². The smallest absolute Gasteiger partial charge is 0.343 e. The van der Waals surface area contributed by atoms with Crippen LogP contribution >= 0.6 is 0 Å². The summed E-state index contributed by atoms with van der Waals surface area (Å²) in [4.78, 5) is 17.7. The molecule has 1 fully saturated rings. The third-order valence-corrected chi connectivity index (χ3v) is 10.1. The second-order valence-electron chi connectivity index (χ2n) is 13.2. The fraction of sp³-hybridized carbons (Fsp3) is 0.250. The van der Waals surface area contributed by atoms with Gasteiger partial charge >= 0.3 is 5.97 Å². The Labute approximate surface area is 297 Å². The highest BCUT2D eigenvalue weighted by Gasteiger charge is 2.22. The van der Waals surface area contributed by atoms with E-state index in [1.54, 1.807) is 25.5 Å². The molecule has 7 aromatic rings. The minimum absolute atomic E-state index is 0.380. The molecular weight excluding hydrogens is 636 g/mol. The summed E-state index contributed by atoms with van der Waals surface area (Å²) >= 11 is 0. The zero-order chi connectivity index (χ0) is 34.7. The molecule has 0 bridgehead atoms. The van der Waals surface area contributed by atoms with Crippen molar-refractivity contribution in [3.8, 4) is 17.2 Å². The number of piperazine rings is 1. The topological polar surface area (TPSA) is 64.4 Å². The average molecular weight is 679 g/mol. The van der Waals surface area contributed by atoms with Crippen molar-refractivity contribution < 1.29 is 23.4 Å². The van der Waals surface area contributed by atoms with Gasteiger partial charge in [0.15, 0.2) is 0 Å². The Morgan fingerprint density at radius 2 is 1.41 bits per heavy atom. The molecular formula is C44H42N2O5. The van der Waals surface area contributed by atoms with Crippen molar-refractivity contribution >= 4 is 60.6 Å². The number of anilines is 2. The second kappa shape index (κ2) is 14.3. The Bertz CT molecular complexity index is 2320. The molecule has 6 aromatic carbocycles. The van der Waals surface area contributed by atoms with Crippen molar-refractivity contribution in [2.45, 2.75) is 32.6 Å². The molecule has 1 aliphatic rings. The maximum atomic E-state index is 12.8. The molecule has 1 aromatic heterocycles. The van der Waals surface area contributed by atoms with Gasteiger partial charge in [-0.25, -0.2) is 4.79 Å². The highest BCUT2D eigenvalue weighted by molar-refractivity contribution is 6.33. The molecule has 0 N–H and O–H groups in total. The summed E-state index contributed by atoms with van der Waals surface area (Å²) in [5.74, 6) is 1.73. The van der Waals surface area contributed by atoms with Gasteiger partial charge in [-0.3, -0.25) is 0 Å². The van der Waals surface area contributed by atoms with Crippen molar-refractivity contribution in [3.63, 3.8) is 0 Å². The Morgan fingerprint density at radius 1 is 0.686 bits per heavy atom. The number of esters is 1. The summed E-state index contributed by atoms with van der Waals surface area (Å²) in [5.41, 5.74) is 3.65. The Hall–Kier alpha value is -5.69. The van der Waals surface area contributed by atoms with Crippen molar-refractivity contribution in [2.75, 3.05) is 49.7 Å². The molecule has 51 heavy (non-hydrogen) atoms. The number of ether oxygens (including phenoxy) is 3. The highest BCUT2D eigenvalue weighted by atomic mass is 16.5. The summed E-state index contributed by atoms with van der Waals surface area (Å²) in [6, 6.07) is 34.4. The third kappa shape index (κ3) is 6.40. The first-order valence-electron chi connectivity index (χ1n) is 18.0. The SMILES string of the molecule is CCCCCCOc1ccc(C(=O)Oc2ccc(N3CCN(c4ccc5c(c4)c4c6ccccc6cc4c4c(OC)ccoc54)CC3)cc2)cc1. The van der Waals surface area contributed by atoms with Gasteiger partial charge in [-0.15, -0.1) is 0 Å². The van der Waals surface area contributed by atoms with Crippen LogP contribution in [0.2, 0.25) is 0 Å². The summed E-state index contributed by atoms with van der Waals surface area (Å²) in [7, 11) is 1.72. The molecule has 258 valence electrons. The summed E-state index contributed by atoms with van der Waals surface area (Å²) in [6.07, 6.45) is 6.35. The number of hydrogen-bond donors (Lipinski definition) is 0. The van der Waals surface area contributed by atoms with E-state index in [4.69, 9.17) is 18.6 Å². The molecule has 0 radical (unpaired) electrons. The van der Waals surface area contributed by atoms with E-state index in [1.807, 2.05) is 42.5 Å². The van der Waals surface area contributed by atoms with Gasteiger partial charge in [0.1, 0.15) is 22.8 Å². The molecule has 0 saturated carbocycles. The summed E-state index contributed by atoms with van der Waals surface area (Å²) in [6.45, 7) is 6.42. The Morgan fingerprint density at radius 3 is 2.18 bits per heavy atom. The normalized spacial score (nSPS) is 13.4. The lowest BCUT2D eigenvalue weighted by Crippen LogP contribution is -2.46. The number of methoxy groups -OCH3 is 1. The van der Waals surface area contributed by atoms with Gasteiger partial charge in [0.2, 0.25) is 0 Å². The van der Waals surface area contributed by atoms with Crippen LogP contribution in [0.5, 0.6) is 17.2 Å². The molecule has 0 amide bonds. The molecule has 0 aliphatic carbocycles. The number of benzene rings is 5. The number of unbranched alkanes of at least 4 members (excludes halogenated alkanes) is 3. The number of carbonyl (C=O) groups is 1. The number of hydrogen-bond acceptors (Lipinski definition) is 7. The minimum Gasteiger partial charge on any atom is -0.496 e. The molecule has 7 nitrogen and oxygen atoms in total.